The van der Waals surface area contributed by atoms with Gasteiger partial charge in [-0.05, 0) is 23.8 Å². The zero-order chi connectivity index (χ0) is 15.2. The molecule has 0 saturated carbocycles. The van der Waals surface area contributed by atoms with Crippen molar-refractivity contribution in [3.05, 3.63) is 64.7 Å². The lowest BCUT2D eigenvalue weighted by atomic mass is 9.88. The van der Waals surface area contributed by atoms with E-state index in [1.807, 2.05) is 30.3 Å². The highest BCUT2D eigenvalue weighted by atomic mass is 35.5. The number of Topliss-reactive ketones (excluding diaryl/α,β-unsaturated/α-hetero) is 1. The van der Waals surface area contributed by atoms with E-state index in [1.54, 1.807) is 18.2 Å². The smallest absolute Gasteiger partial charge is 0.171 e. The van der Waals surface area contributed by atoms with E-state index in [0.717, 1.165) is 5.56 Å². The maximum atomic E-state index is 12.6. The monoisotopic (exact) mass is 299 g/mol. The zero-order valence-electron chi connectivity index (χ0n) is 11.5. The summed E-state index contributed by atoms with van der Waals surface area (Å²) in [6, 6.07) is 16.3. The van der Waals surface area contributed by atoms with Crippen LogP contribution >= 0.6 is 11.6 Å². The van der Waals surface area contributed by atoms with Gasteiger partial charge in [-0.2, -0.15) is 5.26 Å². The second-order valence-electron chi connectivity index (χ2n) is 4.54. The first kappa shape index (κ1) is 15.1. The molecule has 0 amide bonds. The molecule has 3 nitrogen and oxygen atoms in total. The van der Waals surface area contributed by atoms with Crippen molar-refractivity contribution in [3.63, 3.8) is 0 Å². The average molecular weight is 300 g/mol. The van der Waals surface area contributed by atoms with Crippen LogP contribution in [0.1, 0.15) is 28.3 Å². The van der Waals surface area contributed by atoms with Gasteiger partial charge in [0.25, 0.3) is 0 Å². The summed E-state index contributed by atoms with van der Waals surface area (Å²) >= 11 is 6.06. The van der Waals surface area contributed by atoms with E-state index in [-0.39, 0.29) is 12.2 Å². The number of ketones is 1. The molecule has 2 aromatic rings. The number of hydrogen-bond acceptors (Lipinski definition) is 3. The molecule has 0 spiro atoms. The van der Waals surface area contributed by atoms with Crippen LogP contribution in [0, 0.1) is 11.3 Å². The van der Waals surface area contributed by atoms with E-state index >= 15 is 0 Å². The first-order chi connectivity index (χ1) is 10.2. The summed E-state index contributed by atoms with van der Waals surface area (Å²) in [4.78, 5) is 12.6. The number of carbonyl (C=O) groups excluding carboxylic acids is 1. The van der Waals surface area contributed by atoms with Gasteiger partial charge in [-0.25, -0.2) is 0 Å². The molecule has 21 heavy (non-hydrogen) atoms. The minimum Gasteiger partial charge on any atom is -0.495 e. The van der Waals surface area contributed by atoms with Crippen LogP contribution in [0.4, 0.5) is 0 Å². The standard InChI is InChI=1S/C17H14ClNO2/c1-21-16-8-7-13(11-15(16)18)17(20)14(9-10-19)12-5-3-2-4-6-12/h2-8,11,14H,9H2,1H3. The highest BCUT2D eigenvalue weighted by molar-refractivity contribution is 6.32. The molecule has 0 aromatic heterocycles. The fraction of sp³-hybridized carbons (Fsp3) is 0.176. The summed E-state index contributed by atoms with van der Waals surface area (Å²) < 4.78 is 5.08. The molecule has 0 bridgehead atoms. The largest absolute Gasteiger partial charge is 0.495 e. The van der Waals surface area contributed by atoms with Crippen LogP contribution in [0.5, 0.6) is 5.75 Å². The Balaban J connectivity index is 2.35. The molecular weight excluding hydrogens is 286 g/mol. The minimum absolute atomic E-state index is 0.118. The van der Waals surface area contributed by atoms with Gasteiger partial charge in [0, 0.05) is 12.0 Å². The molecule has 106 valence electrons. The molecule has 2 rings (SSSR count). The summed E-state index contributed by atoms with van der Waals surface area (Å²) in [7, 11) is 1.52. The Bertz CT molecular complexity index is 677. The number of methoxy groups -OCH3 is 1. The molecule has 0 aliphatic carbocycles. The normalized spacial score (nSPS) is 11.5. The fourth-order valence-corrected chi connectivity index (χ4v) is 2.42. The van der Waals surface area contributed by atoms with Crippen molar-refractivity contribution in [1.29, 1.82) is 5.26 Å². The molecule has 1 atom stereocenters. The Morgan fingerprint density at radius 3 is 2.57 bits per heavy atom. The lowest BCUT2D eigenvalue weighted by Crippen LogP contribution is -2.12. The Morgan fingerprint density at radius 1 is 1.29 bits per heavy atom. The van der Waals surface area contributed by atoms with Gasteiger partial charge in [-0.3, -0.25) is 4.79 Å². The van der Waals surface area contributed by atoms with Gasteiger partial charge >= 0.3 is 0 Å². The number of nitrogens with zero attached hydrogens (tertiary/aromatic N) is 1. The minimum atomic E-state index is -0.485. The highest BCUT2D eigenvalue weighted by Crippen LogP contribution is 2.29. The molecule has 0 fully saturated rings. The molecule has 0 heterocycles. The summed E-state index contributed by atoms with van der Waals surface area (Å²) in [5.74, 6) is -0.0854. The maximum absolute atomic E-state index is 12.6. The Hall–Kier alpha value is -2.31. The van der Waals surface area contributed by atoms with Gasteiger partial charge in [-0.1, -0.05) is 41.9 Å². The molecule has 2 aromatic carbocycles. The van der Waals surface area contributed by atoms with Crippen LogP contribution in [-0.2, 0) is 0 Å². The van der Waals surface area contributed by atoms with Crippen molar-refractivity contribution >= 4 is 17.4 Å². The Kier molecular flexibility index (Phi) is 4.97. The average Bonchev–Trinajstić information content (AvgIpc) is 2.52. The van der Waals surface area contributed by atoms with Crippen molar-refractivity contribution in [3.8, 4) is 11.8 Å². The molecule has 0 saturated heterocycles. The molecule has 0 aliphatic heterocycles. The third kappa shape index (κ3) is 3.42. The summed E-state index contributed by atoms with van der Waals surface area (Å²) in [5.41, 5.74) is 1.31. The van der Waals surface area contributed by atoms with Crippen LogP contribution in [-0.4, -0.2) is 12.9 Å². The van der Waals surface area contributed by atoms with Crippen molar-refractivity contribution in [1.82, 2.24) is 0 Å². The van der Waals surface area contributed by atoms with Crippen LogP contribution in [0.2, 0.25) is 5.02 Å². The second kappa shape index (κ2) is 6.92. The van der Waals surface area contributed by atoms with E-state index in [4.69, 9.17) is 21.6 Å². The lowest BCUT2D eigenvalue weighted by Gasteiger charge is -2.14. The fourth-order valence-electron chi connectivity index (χ4n) is 2.16. The topological polar surface area (TPSA) is 50.1 Å². The third-order valence-electron chi connectivity index (χ3n) is 3.25. The third-order valence-corrected chi connectivity index (χ3v) is 3.55. The van der Waals surface area contributed by atoms with Crippen molar-refractivity contribution in [2.24, 2.45) is 0 Å². The van der Waals surface area contributed by atoms with Gasteiger partial charge in [-0.15, -0.1) is 0 Å². The van der Waals surface area contributed by atoms with E-state index in [0.29, 0.717) is 16.3 Å². The quantitative estimate of drug-likeness (QED) is 0.776. The predicted octanol–water partition coefficient (Wildman–Crippen LogP) is 4.23. The van der Waals surface area contributed by atoms with Crippen LogP contribution in [0.25, 0.3) is 0 Å². The molecule has 1 unspecified atom stereocenters. The van der Waals surface area contributed by atoms with Crippen LogP contribution in [0.15, 0.2) is 48.5 Å². The number of rotatable bonds is 5. The Labute approximate surface area is 128 Å². The van der Waals surface area contributed by atoms with Gasteiger partial charge < -0.3 is 4.74 Å². The highest BCUT2D eigenvalue weighted by Gasteiger charge is 2.22. The number of carbonyl (C=O) groups is 1. The zero-order valence-corrected chi connectivity index (χ0v) is 12.3. The second-order valence-corrected chi connectivity index (χ2v) is 4.95. The van der Waals surface area contributed by atoms with E-state index in [1.165, 1.54) is 7.11 Å². The van der Waals surface area contributed by atoms with E-state index in [9.17, 15) is 4.79 Å². The van der Waals surface area contributed by atoms with Crippen LogP contribution < -0.4 is 4.74 Å². The van der Waals surface area contributed by atoms with E-state index < -0.39 is 5.92 Å². The summed E-state index contributed by atoms with van der Waals surface area (Å²) in [5, 5.41) is 9.36. The van der Waals surface area contributed by atoms with Crippen molar-refractivity contribution in [2.45, 2.75) is 12.3 Å². The molecular formula is C17H14ClNO2. The lowest BCUT2D eigenvalue weighted by molar-refractivity contribution is 0.0960. The number of benzene rings is 2. The maximum Gasteiger partial charge on any atom is 0.171 e. The van der Waals surface area contributed by atoms with E-state index in [2.05, 4.69) is 6.07 Å². The van der Waals surface area contributed by atoms with Crippen molar-refractivity contribution < 1.29 is 9.53 Å². The van der Waals surface area contributed by atoms with Gasteiger partial charge in [0.1, 0.15) is 5.75 Å². The van der Waals surface area contributed by atoms with Gasteiger partial charge in [0.15, 0.2) is 5.78 Å². The van der Waals surface area contributed by atoms with Crippen molar-refractivity contribution in [2.75, 3.05) is 7.11 Å². The van der Waals surface area contributed by atoms with Gasteiger partial charge in [0.2, 0.25) is 0 Å². The molecule has 4 heteroatoms. The summed E-state index contributed by atoms with van der Waals surface area (Å²) in [6.07, 6.45) is 0.131. The summed E-state index contributed by atoms with van der Waals surface area (Å²) in [6.45, 7) is 0. The SMILES string of the molecule is COc1ccc(C(=O)C(CC#N)c2ccccc2)cc1Cl. The predicted molar refractivity (Wildman–Crippen MR) is 81.7 cm³/mol. The molecule has 0 aliphatic rings. The number of halogens is 1. The number of hydrogen-bond donors (Lipinski definition) is 0. The number of ether oxygens (including phenoxy) is 1. The first-order valence-electron chi connectivity index (χ1n) is 6.47. The molecule has 0 radical (unpaired) electrons. The molecule has 0 N–H and O–H groups in total. The first-order valence-corrected chi connectivity index (χ1v) is 6.84. The van der Waals surface area contributed by atoms with Crippen LogP contribution in [0.3, 0.4) is 0 Å². The van der Waals surface area contributed by atoms with Gasteiger partial charge in [0.05, 0.1) is 24.1 Å². The number of nitriles is 1. The Morgan fingerprint density at radius 2 is 2.00 bits per heavy atom.